The van der Waals surface area contributed by atoms with E-state index in [4.69, 9.17) is 4.52 Å². The van der Waals surface area contributed by atoms with Crippen molar-refractivity contribution in [3.63, 3.8) is 0 Å². The summed E-state index contributed by atoms with van der Waals surface area (Å²) < 4.78 is 16.5. The summed E-state index contributed by atoms with van der Waals surface area (Å²) in [5, 5.41) is 6.65. The smallest absolute Gasteiger partial charge is 0.251 e. The highest BCUT2D eigenvalue weighted by atomic mass is 32.2. The zero-order valence-electron chi connectivity index (χ0n) is 13.6. The lowest BCUT2D eigenvalue weighted by molar-refractivity contribution is 0.0946. The Hall–Kier alpha value is -2.80. The fourth-order valence-electron chi connectivity index (χ4n) is 2.27. The van der Waals surface area contributed by atoms with Crippen LogP contribution < -0.4 is 5.32 Å². The van der Waals surface area contributed by atoms with Gasteiger partial charge in [-0.3, -0.25) is 9.00 Å². The predicted octanol–water partition coefficient (Wildman–Crippen LogP) is 2.33. The number of hydrogen-bond donors (Lipinski definition) is 1. The standard InChI is InChI=1S/C18H17N3O3S/c1-25(23)15-9-7-14(8-10-15)18(22)19-12-17-20-16(21-24-17)11-13-5-3-2-4-6-13/h2-10H,11-12H2,1H3,(H,19,22). The number of nitrogens with zero attached hydrogens (tertiary/aromatic N) is 2. The quantitative estimate of drug-likeness (QED) is 0.733. The summed E-state index contributed by atoms with van der Waals surface area (Å²) in [6.07, 6.45) is 2.17. The SMILES string of the molecule is CS(=O)c1ccc(C(=O)NCc2nc(Cc3ccccc3)no2)cc1. The maximum Gasteiger partial charge on any atom is 0.251 e. The number of aromatic nitrogens is 2. The summed E-state index contributed by atoms with van der Waals surface area (Å²) >= 11 is 0. The molecule has 0 aliphatic carbocycles. The van der Waals surface area contributed by atoms with Gasteiger partial charge < -0.3 is 9.84 Å². The van der Waals surface area contributed by atoms with Gasteiger partial charge in [-0.15, -0.1) is 0 Å². The van der Waals surface area contributed by atoms with Crippen LogP contribution in [0.5, 0.6) is 0 Å². The monoisotopic (exact) mass is 355 g/mol. The first-order valence-electron chi connectivity index (χ1n) is 7.69. The zero-order valence-corrected chi connectivity index (χ0v) is 14.5. The molecule has 0 aliphatic heterocycles. The topological polar surface area (TPSA) is 85.1 Å². The van der Waals surface area contributed by atoms with Gasteiger partial charge in [0.2, 0.25) is 5.89 Å². The normalized spacial score (nSPS) is 11.9. The fourth-order valence-corrected chi connectivity index (χ4v) is 2.79. The molecule has 6 nitrogen and oxygen atoms in total. The third-order valence-corrected chi connectivity index (χ3v) is 4.50. The molecule has 0 radical (unpaired) electrons. The minimum atomic E-state index is -1.06. The molecule has 25 heavy (non-hydrogen) atoms. The Labute approximate surface area is 147 Å². The molecule has 3 aromatic rings. The van der Waals surface area contributed by atoms with E-state index in [0.717, 1.165) is 5.56 Å². The maximum absolute atomic E-state index is 12.1. The molecule has 1 aromatic heterocycles. The van der Waals surface area contributed by atoms with Crippen LogP contribution in [0.25, 0.3) is 0 Å². The molecule has 0 bridgehead atoms. The van der Waals surface area contributed by atoms with Crippen molar-refractivity contribution < 1.29 is 13.5 Å². The molecule has 7 heteroatoms. The number of carbonyl (C=O) groups excluding carboxylic acids is 1. The largest absolute Gasteiger partial charge is 0.343 e. The van der Waals surface area contributed by atoms with Crippen LogP contribution in [0.2, 0.25) is 0 Å². The fraction of sp³-hybridized carbons (Fsp3) is 0.167. The van der Waals surface area contributed by atoms with Crippen molar-refractivity contribution in [2.75, 3.05) is 6.26 Å². The number of amides is 1. The first kappa shape index (κ1) is 17.0. The lowest BCUT2D eigenvalue weighted by atomic mass is 10.1. The molecule has 1 amide bonds. The molecule has 0 saturated heterocycles. The minimum Gasteiger partial charge on any atom is -0.343 e. The maximum atomic E-state index is 12.1. The average molecular weight is 355 g/mol. The third-order valence-electron chi connectivity index (χ3n) is 3.56. The van der Waals surface area contributed by atoms with Crippen LogP contribution in [-0.2, 0) is 23.8 Å². The van der Waals surface area contributed by atoms with Crippen LogP contribution in [0.1, 0.15) is 27.6 Å². The first-order valence-corrected chi connectivity index (χ1v) is 9.25. The molecule has 0 spiro atoms. The molecule has 128 valence electrons. The van der Waals surface area contributed by atoms with E-state index in [1.165, 1.54) is 0 Å². The Kier molecular flexibility index (Phi) is 5.35. The van der Waals surface area contributed by atoms with Crippen molar-refractivity contribution >= 4 is 16.7 Å². The van der Waals surface area contributed by atoms with Gasteiger partial charge in [-0.2, -0.15) is 4.98 Å². The molecule has 2 aromatic carbocycles. The van der Waals surface area contributed by atoms with Crippen molar-refractivity contribution in [3.05, 3.63) is 77.4 Å². The summed E-state index contributed by atoms with van der Waals surface area (Å²) in [5.74, 6) is 0.673. The molecule has 0 fully saturated rings. The van der Waals surface area contributed by atoms with Gasteiger partial charge in [0, 0.05) is 33.9 Å². The van der Waals surface area contributed by atoms with Crippen LogP contribution in [-0.4, -0.2) is 26.5 Å². The summed E-state index contributed by atoms with van der Waals surface area (Å²) in [5.41, 5.74) is 1.57. The highest BCUT2D eigenvalue weighted by Crippen LogP contribution is 2.09. The molecular formula is C18H17N3O3S. The molecule has 0 saturated carbocycles. The van der Waals surface area contributed by atoms with Crippen molar-refractivity contribution in [3.8, 4) is 0 Å². The van der Waals surface area contributed by atoms with E-state index in [9.17, 15) is 9.00 Å². The first-order chi connectivity index (χ1) is 12.1. The second kappa shape index (κ2) is 7.85. The molecule has 1 unspecified atom stereocenters. The summed E-state index contributed by atoms with van der Waals surface area (Å²) in [4.78, 5) is 17.1. The Bertz CT molecular complexity index is 876. The van der Waals surface area contributed by atoms with Gasteiger partial charge in [0.25, 0.3) is 5.91 Å². The lowest BCUT2D eigenvalue weighted by Gasteiger charge is -2.03. The predicted molar refractivity (Wildman–Crippen MR) is 93.5 cm³/mol. The van der Waals surface area contributed by atoms with Crippen LogP contribution in [0.15, 0.2) is 64.0 Å². The number of benzene rings is 2. The van der Waals surface area contributed by atoms with E-state index >= 15 is 0 Å². The van der Waals surface area contributed by atoms with E-state index in [0.29, 0.717) is 28.6 Å². The van der Waals surface area contributed by atoms with Crippen LogP contribution >= 0.6 is 0 Å². The van der Waals surface area contributed by atoms with Crippen molar-refractivity contribution in [1.82, 2.24) is 15.5 Å². The molecular weight excluding hydrogens is 338 g/mol. The van der Waals surface area contributed by atoms with Gasteiger partial charge in [0.05, 0.1) is 6.54 Å². The van der Waals surface area contributed by atoms with Crippen LogP contribution in [0.4, 0.5) is 0 Å². The Morgan fingerprint density at radius 1 is 1.12 bits per heavy atom. The lowest BCUT2D eigenvalue weighted by Crippen LogP contribution is -2.22. The van der Waals surface area contributed by atoms with E-state index in [1.54, 1.807) is 30.5 Å². The summed E-state index contributed by atoms with van der Waals surface area (Å²) in [6, 6.07) is 16.5. The van der Waals surface area contributed by atoms with Crippen molar-refractivity contribution in [1.29, 1.82) is 0 Å². The Morgan fingerprint density at radius 3 is 2.52 bits per heavy atom. The van der Waals surface area contributed by atoms with Gasteiger partial charge in [0.1, 0.15) is 0 Å². The highest BCUT2D eigenvalue weighted by molar-refractivity contribution is 7.84. The zero-order chi connectivity index (χ0) is 17.6. The second-order valence-corrected chi connectivity index (χ2v) is 6.81. The average Bonchev–Trinajstić information content (AvgIpc) is 3.08. The molecule has 1 atom stereocenters. The van der Waals surface area contributed by atoms with Crippen LogP contribution in [0, 0.1) is 0 Å². The number of nitrogens with one attached hydrogen (secondary N) is 1. The second-order valence-electron chi connectivity index (χ2n) is 5.43. The molecule has 0 aliphatic rings. The Morgan fingerprint density at radius 2 is 1.84 bits per heavy atom. The van der Waals surface area contributed by atoms with E-state index in [-0.39, 0.29) is 12.5 Å². The Balaban J connectivity index is 1.56. The van der Waals surface area contributed by atoms with Gasteiger partial charge >= 0.3 is 0 Å². The summed E-state index contributed by atoms with van der Waals surface area (Å²) in [6.45, 7) is 0.155. The number of carbonyl (C=O) groups is 1. The van der Waals surface area contributed by atoms with Crippen molar-refractivity contribution in [2.45, 2.75) is 17.9 Å². The van der Waals surface area contributed by atoms with Crippen LogP contribution in [0.3, 0.4) is 0 Å². The van der Waals surface area contributed by atoms with Gasteiger partial charge in [-0.25, -0.2) is 0 Å². The minimum absolute atomic E-state index is 0.155. The molecule has 1 N–H and O–H groups in total. The summed E-state index contributed by atoms with van der Waals surface area (Å²) in [7, 11) is -1.06. The van der Waals surface area contributed by atoms with Gasteiger partial charge in [-0.05, 0) is 29.8 Å². The van der Waals surface area contributed by atoms with Crippen molar-refractivity contribution in [2.24, 2.45) is 0 Å². The van der Waals surface area contributed by atoms with E-state index in [1.807, 2.05) is 30.3 Å². The highest BCUT2D eigenvalue weighted by Gasteiger charge is 2.10. The van der Waals surface area contributed by atoms with Gasteiger partial charge in [0.15, 0.2) is 5.82 Å². The van der Waals surface area contributed by atoms with E-state index < -0.39 is 10.8 Å². The van der Waals surface area contributed by atoms with E-state index in [2.05, 4.69) is 15.5 Å². The molecule has 3 rings (SSSR count). The molecule has 1 heterocycles. The number of hydrogen-bond acceptors (Lipinski definition) is 5. The third kappa shape index (κ3) is 4.60. The number of rotatable bonds is 6. The van der Waals surface area contributed by atoms with Gasteiger partial charge in [-0.1, -0.05) is 35.5 Å².